The molecule has 19 heavy (non-hydrogen) atoms. The van der Waals surface area contributed by atoms with Gasteiger partial charge in [0.15, 0.2) is 0 Å². The molecule has 1 rings (SSSR count). The van der Waals surface area contributed by atoms with Crippen molar-refractivity contribution in [3.05, 3.63) is 28.8 Å². The zero-order chi connectivity index (χ0) is 14.4. The summed E-state index contributed by atoms with van der Waals surface area (Å²) in [7, 11) is 3.81. The fourth-order valence-electron chi connectivity index (χ4n) is 1.31. The molecule has 0 bridgehead atoms. The second-order valence-corrected chi connectivity index (χ2v) is 4.59. The Morgan fingerprint density at radius 3 is 2.58 bits per heavy atom. The molecule has 0 radical (unpaired) electrons. The molecule has 0 aliphatic heterocycles. The van der Waals surface area contributed by atoms with Crippen LogP contribution in [0, 0.1) is 0 Å². The standard InChI is InChI=1S/C12H16ClN3O3/c1-16(2)6-5-14-12(19)15-10-4-3-8(11(17)18)7-9(10)13/h3-4,7H,5-6H2,1-2H3,(H,17,18)(H2,14,15,19). The molecule has 0 heterocycles. The molecule has 104 valence electrons. The molecule has 7 heteroatoms. The maximum absolute atomic E-state index is 11.5. The molecule has 0 atom stereocenters. The number of carbonyl (C=O) groups excluding carboxylic acids is 1. The van der Waals surface area contributed by atoms with Gasteiger partial charge in [0.05, 0.1) is 16.3 Å². The van der Waals surface area contributed by atoms with Crippen LogP contribution in [0.2, 0.25) is 5.02 Å². The van der Waals surface area contributed by atoms with Crippen molar-refractivity contribution in [1.82, 2.24) is 10.2 Å². The van der Waals surface area contributed by atoms with E-state index in [0.717, 1.165) is 6.54 Å². The highest BCUT2D eigenvalue weighted by Crippen LogP contribution is 2.22. The molecule has 0 aliphatic rings. The minimum atomic E-state index is -1.07. The Kier molecular flexibility index (Phi) is 5.59. The predicted molar refractivity (Wildman–Crippen MR) is 74.0 cm³/mol. The van der Waals surface area contributed by atoms with Crippen molar-refractivity contribution in [1.29, 1.82) is 0 Å². The van der Waals surface area contributed by atoms with Crippen molar-refractivity contribution < 1.29 is 14.7 Å². The van der Waals surface area contributed by atoms with E-state index in [0.29, 0.717) is 12.2 Å². The lowest BCUT2D eigenvalue weighted by Gasteiger charge is -2.12. The monoisotopic (exact) mass is 285 g/mol. The van der Waals surface area contributed by atoms with E-state index in [2.05, 4.69) is 10.6 Å². The SMILES string of the molecule is CN(C)CCNC(=O)Nc1ccc(C(=O)O)cc1Cl. The summed E-state index contributed by atoms with van der Waals surface area (Å²) in [6.45, 7) is 1.22. The average Bonchev–Trinajstić information content (AvgIpc) is 2.31. The number of rotatable bonds is 5. The zero-order valence-electron chi connectivity index (χ0n) is 10.7. The van der Waals surface area contributed by atoms with Crippen LogP contribution >= 0.6 is 11.6 Å². The molecule has 1 aromatic carbocycles. The number of nitrogens with zero attached hydrogens (tertiary/aromatic N) is 1. The molecule has 0 fully saturated rings. The van der Waals surface area contributed by atoms with Crippen LogP contribution in [0.1, 0.15) is 10.4 Å². The van der Waals surface area contributed by atoms with E-state index in [-0.39, 0.29) is 16.6 Å². The zero-order valence-corrected chi connectivity index (χ0v) is 11.5. The van der Waals surface area contributed by atoms with Crippen molar-refractivity contribution >= 4 is 29.3 Å². The number of nitrogens with one attached hydrogen (secondary N) is 2. The Morgan fingerprint density at radius 1 is 1.37 bits per heavy atom. The second-order valence-electron chi connectivity index (χ2n) is 4.18. The first-order valence-corrected chi connectivity index (χ1v) is 6.00. The first kappa shape index (κ1) is 15.3. The van der Waals surface area contributed by atoms with Crippen molar-refractivity contribution in [2.45, 2.75) is 0 Å². The van der Waals surface area contributed by atoms with Gasteiger partial charge in [-0.05, 0) is 32.3 Å². The number of hydrogen-bond acceptors (Lipinski definition) is 3. The number of hydrogen-bond donors (Lipinski definition) is 3. The van der Waals surface area contributed by atoms with Gasteiger partial charge in [0.2, 0.25) is 0 Å². The number of carboxylic acid groups (broad SMARTS) is 1. The number of anilines is 1. The van der Waals surface area contributed by atoms with Crippen molar-refractivity contribution in [2.24, 2.45) is 0 Å². The largest absolute Gasteiger partial charge is 0.478 e. The van der Waals surface area contributed by atoms with E-state index in [9.17, 15) is 9.59 Å². The van der Waals surface area contributed by atoms with E-state index in [4.69, 9.17) is 16.7 Å². The van der Waals surface area contributed by atoms with Gasteiger partial charge in [-0.3, -0.25) is 0 Å². The Balaban J connectivity index is 2.57. The molecule has 0 saturated heterocycles. The first-order valence-electron chi connectivity index (χ1n) is 5.62. The first-order chi connectivity index (χ1) is 8.90. The van der Waals surface area contributed by atoms with Crippen molar-refractivity contribution in [2.75, 3.05) is 32.5 Å². The van der Waals surface area contributed by atoms with E-state index in [1.807, 2.05) is 19.0 Å². The molecule has 2 amide bonds. The molecule has 0 spiro atoms. The lowest BCUT2D eigenvalue weighted by Crippen LogP contribution is -2.34. The molecule has 1 aromatic rings. The van der Waals surface area contributed by atoms with Gasteiger partial charge in [0.1, 0.15) is 0 Å². The number of urea groups is 1. The van der Waals surface area contributed by atoms with Gasteiger partial charge in [0.25, 0.3) is 0 Å². The quantitative estimate of drug-likeness (QED) is 0.769. The fourth-order valence-corrected chi connectivity index (χ4v) is 1.54. The molecule has 6 nitrogen and oxygen atoms in total. The summed E-state index contributed by atoms with van der Waals surface area (Å²) in [6, 6.07) is 3.74. The summed E-state index contributed by atoms with van der Waals surface area (Å²) >= 11 is 5.89. The van der Waals surface area contributed by atoms with E-state index in [1.165, 1.54) is 18.2 Å². The van der Waals surface area contributed by atoms with Crippen LogP contribution in [0.5, 0.6) is 0 Å². The summed E-state index contributed by atoms with van der Waals surface area (Å²) in [6.07, 6.45) is 0. The molecular weight excluding hydrogens is 270 g/mol. The highest BCUT2D eigenvalue weighted by Gasteiger charge is 2.09. The number of halogens is 1. The van der Waals surface area contributed by atoms with E-state index in [1.54, 1.807) is 0 Å². The van der Waals surface area contributed by atoms with Crippen LogP contribution in [-0.2, 0) is 0 Å². The van der Waals surface area contributed by atoms with Gasteiger partial charge >= 0.3 is 12.0 Å². The summed E-state index contributed by atoms with van der Waals surface area (Å²) in [5.74, 6) is -1.07. The third-order valence-corrected chi connectivity index (χ3v) is 2.62. The molecule has 0 unspecified atom stereocenters. The van der Waals surface area contributed by atoms with E-state index < -0.39 is 5.97 Å². The summed E-state index contributed by atoms with van der Waals surface area (Å²) < 4.78 is 0. The van der Waals surface area contributed by atoms with Crippen LogP contribution in [-0.4, -0.2) is 49.2 Å². The maximum atomic E-state index is 11.5. The topological polar surface area (TPSA) is 81.7 Å². The van der Waals surface area contributed by atoms with Crippen LogP contribution in [0.15, 0.2) is 18.2 Å². The Labute approximate surface area is 116 Å². The van der Waals surface area contributed by atoms with Crippen LogP contribution in [0.25, 0.3) is 0 Å². The second kappa shape index (κ2) is 6.96. The van der Waals surface area contributed by atoms with Gasteiger partial charge in [-0.15, -0.1) is 0 Å². The number of amides is 2. The van der Waals surface area contributed by atoms with Gasteiger partial charge < -0.3 is 20.6 Å². The Morgan fingerprint density at radius 2 is 2.05 bits per heavy atom. The Hall–Kier alpha value is -1.79. The van der Waals surface area contributed by atoms with E-state index >= 15 is 0 Å². The number of carboxylic acids is 1. The summed E-state index contributed by atoms with van der Waals surface area (Å²) in [5.41, 5.74) is 0.442. The van der Waals surface area contributed by atoms with Gasteiger partial charge in [0, 0.05) is 13.1 Å². The van der Waals surface area contributed by atoms with Crippen LogP contribution in [0.4, 0.5) is 10.5 Å². The third kappa shape index (κ3) is 5.15. The van der Waals surface area contributed by atoms with Crippen LogP contribution < -0.4 is 10.6 Å². The number of aromatic carboxylic acids is 1. The minimum absolute atomic E-state index is 0.0727. The number of benzene rings is 1. The lowest BCUT2D eigenvalue weighted by molar-refractivity contribution is 0.0697. The summed E-state index contributed by atoms with van der Waals surface area (Å²) in [5, 5.41) is 14.2. The highest BCUT2D eigenvalue weighted by atomic mass is 35.5. The van der Waals surface area contributed by atoms with Gasteiger partial charge in [-0.2, -0.15) is 0 Å². The lowest BCUT2D eigenvalue weighted by atomic mass is 10.2. The summed E-state index contributed by atoms with van der Waals surface area (Å²) in [4.78, 5) is 24.2. The predicted octanol–water partition coefficient (Wildman–Crippen LogP) is 1.72. The minimum Gasteiger partial charge on any atom is -0.478 e. The van der Waals surface area contributed by atoms with Crippen molar-refractivity contribution in [3.8, 4) is 0 Å². The molecule has 0 aliphatic carbocycles. The molecular formula is C12H16ClN3O3. The normalized spacial score (nSPS) is 10.3. The smallest absolute Gasteiger partial charge is 0.335 e. The third-order valence-electron chi connectivity index (χ3n) is 2.31. The maximum Gasteiger partial charge on any atom is 0.335 e. The molecule has 3 N–H and O–H groups in total. The average molecular weight is 286 g/mol. The number of carbonyl (C=O) groups is 2. The molecule has 0 saturated carbocycles. The highest BCUT2D eigenvalue weighted by molar-refractivity contribution is 6.34. The van der Waals surface area contributed by atoms with Crippen molar-refractivity contribution in [3.63, 3.8) is 0 Å². The number of likely N-dealkylation sites (N-methyl/N-ethyl adjacent to an activating group) is 1. The van der Waals surface area contributed by atoms with Gasteiger partial charge in [-0.1, -0.05) is 11.6 Å². The molecule has 0 aromatic heterocycles. The van der Waals surface area contributed by atoms with Crippen LogP contribution in [0.3, 0.4) is 0 Å². The Bertz CT molecular complexity index is 477. The fraction of sp³-hybridized carbons (Fsp3) is 0.333. The van der Waals surface area contributed by atoms with Gasteiger partial charge in [-0.25, -0.2) is 9.59 Å².